The van der Waals surface area contributed by atoms with E-state index in [0.717, 1.165) is 9.47 Å². The SMILES string of the molecule is COc1cccc(N2C(=O)N=C(O)C(=CC=C(C)C=Cc3c(O)n(-c4cccc(OC)c4)c(=O)[nH]c3=O)C2=O)c1. The van der Waals surface area contributed by atoms with Gasteiger partial charge in [0.2, 0.25) is 11.8 Å². The quantitative estimate of drug-likeness (QED) is 0.301. The molecule has 0 saturated heterocycles. The van der Waals surface area contributed by atoms with Crippen LogP contribution < -0.4 is 25.6 Å². The van der Waals surface area contributed by atoms with Crippen molar-refractivity contribution in [3.05, 3.63) is 104 Å². The lowest BCUT2D eigenvalue weighted by Crippen LogP contribution is -2.42. The Hall–Kier alpha value is -5.65. The largest absolute Gasteiger partial charge is 0.497 e. The Morgan fingerprint density at radius 1 is 0.950 bits per heavy atom. The number of hydrogen-bond donors (Lipinski definition) is 3. The standard InChI is InChI=1S/C28H24N4O8/c1-16(10-12-21-23(33)29-27(37)31(25(21)35)17-6-4-8-19(14-17)39-2)11-13-22-24(34)30-28(38)32(26(22)36)18-7-5-9-20(15-18)40-3/h4-15,35H,1-3H3,(H,29,33,37)(H,30,34,38). The zero-order chi connectivity index (χ0) is 29.0. The molecule has 4 rings (SSSR count). The van der Waals surface area contributed by atoms with Gasteiger partial charge in [-0.15, -0.1) is 0 Å². The second-order valence-electron chi connectivity index (χ2n) is 8.42. The molecule has 0 aliphatic carbocycles. The Morgan fingerprint density at radius 2 is 1.57 bits per heavy atom. The number of carbonyl (C=O) groups is 2. The van der Waals surface area contributed by atoms with Crippen LogP contribution in [-0.2, 0) is 4.79 Å². The average Bonchev–Trinajstić information content (AvgIpc) is 2.92. The summed E-state index contributed by atoms with van der Waals surface area (Å²) >= 11 is 0. The van der Waals surface area contributed by atoms with Gasteiger partial charge in [-0.05, 0) is 43.3 Å². The van der Waals surface area contributed by atoms with E-state index >= 15 is 0 Å². The number of anilines is 1. The maximum atomic E-state index is 13.1. The molecule has 0 unspecified atom stereocenters. The van der Waals surface area contributed by atoms with Gasteiger partial charge in [0.15, 0.2) is 0 Å². The number of aromatic amines is 1. The van der Waals surface area contributed by atoms with Gasteiger partial charge in [0.25, 0.3) is 11.5 Å². The smallest absolute Gasteiger partial charge is 0.358 e. The van der Waals surface area contributed by atoms with Crippen molar-refractivity contribution in [2.24, 2.45) is 4.99 Å². The minimum Gasteiger partial charge on any atom is -0.497 e. The van der Waals surface area contributed by atoms with Crippen LogP contribution in [0.15, 0.2) is 92.5 Å². The van der Waals surface area contributed by atoms with Gasteiger partial charge in [0.1, 0.15) is 22.6 Å². The summed E-state index contributed by atoms with van der Waals surface area (Å²) in [5.41, 5.74) is -1.15. The van der Waals surface area contributed by atoms with Gasteiger partial charge >= 0.3 is 11.7 Å². The van der Waals surface area contributed by atoms with Gasteiger partial charge in [-0.3, -0.25) is 14.6 Å². The molecule has 1 aliphatic heterocycles. The third-order valence-electron chi connectivity index (χ3n) is 5.84. The number of nitrogens with one attached hydrogen (secondary N) is 1. The minimum absolute atomic E-state index is 0.198. The number of aliphatic hydroxyl groups excluding tert-OH is 1. The van der Waals surface area contributed by atoms with Crippen molar-refractivity contribution < 1.29 is 29.3 Å². The highest BCUT2D eigenvalue weighted by Gasteiger charge is 2.34. The van der Waals surface area contributed by atoms with Crippen LogP contribution in [0.4, 0.5) is 10.5 Å². The van der Waals surface area contributed by atoms with Crippen LogP contribution in [0.3, 0.4) is 0 Å². The van der Waals surface area contributed by atoms with Crippen molar-refractivity contribution in [1.82, 2.24) is 9.55 Å². The summed E-state index contributed by atoms with van der Waals surface area (Å²) in [5.74, 6) is -1.29. The molecule has 0 fully saturated rings. The number of carbonyl (C=O) groups excluding carboxylic acids is 2. The number of rotatable bonds is 7. The van der Waals surface area contributed by atoms with E-state index in [0.29, 0.717) is 17.1 Å². The Labute approximate surface area is 227 Å². The van der Waals surface area contributed by atoms with Crippen molar-refractivity contribution in [2.45, 2.75) is 6.92 Å². The van der Waals surface area contributed by atoms with Crippen LogP contribution in [0.25, 0.3) is 11.8 Å². The predicted molar refractivity (Wildman–Crippen MR) is 148 cm³/mol. The zero-order valence-electron chi connectivity index (χ0n) is 21.6. The number of urea groups is 1. The second kappa shape index (κ2) is 11.4. The van der Waals surface area contributed by atoms with Gasteiger partial charge in [-0.1, -0.05) is 29.9 Å². The Bertz CT molecular complexity index is 1740. The van der Waals surface area contributed by atoms with E-state index in [-0.39, 0.29) is 22.5 Å². The summed E-state index contributed by atoms with van der Waals surface area (Å²) < 4.78 is 11.2. The summed E-state index contributed by atoms with van der Waals surface area (Å²) in [5, 5.41) is 21.0. The number of aromatic nitrogens is 2. The van der Waals surface area contributed by atoms with Crippen LogP contribution in [0.1, 0.15) is 12.5 Å². The highest BCUT2D eigenvalue weighted by molar-refractivity contribution is 6.35. The number of hydrogen-bond acceptors (Lipinski definition) is 7. The number of imide groups is 1. The lowest BCUT2D eigenvalue weighted by atomic mass is 10.1. The van der Waals surface area contributed by atoms with E-state index in [9.17, 15) is 29.4 Å². The number of aliphatic hydroxyl groups is 1. The first kappa shape index (κ1) is 27.4. The number of aliphatic imine (C=N–C) groups is 1. The van der Waals surface area contributed by atoms with Crippen molar-refractivity contribution >= 4 is 29.6 Å². The van der Waals surface area contributed by atoms with Gasteiger partial charge in [-0.25, -0.2) is 19.1 Å². The average molecular weight is 545 g/mol. The fraction of sp³-hybridized carbons (Fsp3) is 0.107. The maximum Gasteiger partial charge on any atom is 0.358 e. The third-order valence-corrected chi connectivity index (χ3v) is 5.84. The van der Waals surface area contributed by atoms with E-state index in [1.807, 2.05) is 0 Å². The lowest BCUT2D eigenvalue weighted by Gasteiger charge is -2.23. The molecule has 3 amide bonds. The van der Waals surface area contributed by atoms with Gasteiger partial charge in [0.05, 0.1) is 25.6 Å². The summed E-state index contributed by atoms with van der Waals surface area (Å²) in [6.07, 6.45) is 5.45. The fourth-order valence-corrected chi connectivity index (χ4v) is 3.79. The number of H-pyrrole nitrogens is 1. The molecule has 204 valence electrons. The Kier molecular flexibility index (Phi) is 7.80. The molecule has 0 radical (unpaired) electrons. The van der Waals surface area contributed by atoms with Crippen LogP contribution >= 0.6 is 0 Å². The van der Waals surface area contributed by atoms with Crippen LogP contribution in [0, 0.1) is 0 Å². The third kappa shape index (κ3) is 5.45. The molecule has 12 heteroatoms. The van der Waals surface area contributed by atoms with Crippen LogP contribution in [0.2, 0.25) is 0 Å². The zero-order valence-corrected chi connectivity index (χ0v) is 21.6. The van der Waals surface area contributed by atoms with Gasteiger partial charge < -0.3 is 19.7 Å². The molecule has 2 aromatic carbocycles. The molecule has 3 N–H and O–H groups in total. The van der Waals surface area contributed by atoms with Crippen LogP contribution in [-0.4, -0.2) is 51.8 Å². The molecule has 0 saturated carbocycles. The molecule has 12 nitrogen and oxygen atoms in total. The van der Waals surface area contributed by atoms with E-state index < -0.39 is 35.0 Å². The number of amides is 3. The highest BCUT2D eigenvalue weighted by atomic mass is 16.5. The predicted octanol–water partition coefficient (Wildman–Crippen LogP) is 3.26. The number of nitrogens with zero attached hydrogens (tertiary/aromatic N) is 3. The van der Waals surface area contributed by atoms with Crippen LogP contribution in [0.5, 0.6) is 17.4 Å². The van der Waals surface area contributed by atoms with E-state index in [2.05, 4.69) is 9.98 Å². The molecule has 0 spiro atoms. The van der Waals surface area contributed by atoms with E-state index in [1.54, 1.807) is 37.3 Å². The molecule has 0 atom stereocenters. The highest BCUT2D eigenvalue weighted by Crippen LogP contribution is 2.26. The summed E-state index contributed by atoms with van der Waals surface area (Å²) in [7, 11) is 2.89. The molecule has 2 heterocycles. The molecule has 3 aromatic rings. The maximum absolute atomic E-state index is 13.1. The van der Waals surface area contributed by atoms with Crippen molar-refractivity contribution in [3.63, 3.8) is 0 Å². The lowest BCUT2D eigenvalue weighted by molar-refractivity contribution is -0.114. The summed E-state index contributed by atoms with van der Waals surface area (Å²) in [6, 6.07) is 11.6. The van der Waals surface area contributed by atoms with E-state index in [4.69, 9.17) is 9.47 Å². The first-order valence-corrected chi connectivity index (χ1v) is 11.7. The first-order chi connectivity index (χ1) is 19.1. The molecule has 1 aliphatic rings. The number of allylic oxidation sites excluding steroid dienone is 4. The number of ether oxygens (including phenoxy) is 2. The molecule has 1 aromatic heterocycles. The summed E-state index contributed by atoms with van der Waals surface area (Å²) in [6.45, 7) is 1.63. The van der Waals surface area contributed by atoms with Crippen molar-refractivity contribution in [1.29, 1.82) is 0 Å². The number of benzene rings is 2. The van der Waals surface area contributed by atoms with Gasteiger partial charge in [0, 0.05) is 12.1 Å². The normalized spacial score (nSPS) is 15.1. The molecule has 40 heavy (non-hydrogen) atoms. The minimum atomic E-state index is -0.964. The fourth-order valence-electron chi connectivity index (χ4n) is 3.79. The van der Waals surface area contributed by atoms with Crippen molar-refractivity contribution in [2.75, 3.05) is 19.1 Å². The second-order valence-corrected chi connectivity index (χ2v) is 8.42. The molecular formula is C28H24N4O8. The van der Waals surface area contributed by atoms with E-state index in [1.165, 1.54) is 56.7 Å². The Balaban J connectivity index is 1.66. The monoisotopic (exact) mass is 544 g/mol. The first-order valence-electron chi connectivity index (χ1n) is 11.7. The molecule has 0 bridgehead atoms. The molecular weight excluding hydrogens is 520 g/mol. The Morgan fingerprint density at radius 3 is 2.23 bits per heavy atom. The van der Waals surface area contributed by atoms with Crippen molar-refractivity contribution in [3.8, 4) is 23.1 Å². The summed E-state index contributed by atoms with van der Waals surface area (Å²) in [4.78, 5) is 56.8. The number of methoxy groups -OCH3 is 2. The topological polar surface area (TPSA) is 164 Å². The van der Waals surface area contributed by atoms with Gasteiger partial charge in [-0.2, -0.15) is 4.99 Å². The number of aromatic hydroxyl groups is 1.